The van der Waals surface area contributed by atoms with Crippen LogP contribution in [0.15, 0.2) is 36.4 Å². The van der Waals surface area contributed by atoms with Gasteiger partial charge >= 0.3 is 12.1 Å². The molecule has 0 unspecified atom stereocenters. The topological polar surface area (TPSA) is 151 Å². The Labute approximate surface area is 239 Å². The minimum atomic E-state index is -1.23. The van der Waals surface area contributed by atoms with Crippen LogP contribution in [0.1, 0.15) is 65.9 Å². The monoisotopic (exact) mass is 589 g/mol. The van der Waals surface area contributed by atoms with E-state index >= 15 is 0 Å². The van der Waals surface area contributed by atoms with Crippen LogP contribution >= 0.6 is 11.6 Å². The van der Waals surface area contributed by atoms with Crippen LogP contribution in [0.3, 0.4) is 0 Å². The molecule has 13 heteroatoms. The van der Waals surface area contributed by atoms with Crippen LogP contribution in [0.25, 0.3) is 0 Å². The summed E-state index contributed by atoms with van der Waals surface area (Å²) in [5.41, 5.74) is -0.465. The Hall–Kier alpha value is -4.19. The summed E-state index contributed by atoms with van der Waals surface area (Å²) in [6.45, 7) is 4.31. The number of ether oxygens (including phenoxy) is 2. The molecular formula is C28H29ClFN3O8. The Morgan fingerprint density at radius 1 is 1.15 bits per heavy atom. The number of carboxylic acid groups (broad SMARTS) is 1. The van der Waals surface area contributed by atoms with E-state index < -0.39 is 60.0 Å². The fraction of sp³-hybridized carbons (Fsp3) is 0.393. The SMILES string of the molecule is CC(=O)c1ccc2c(c1)[C@@H](NC(=O)c1ccc(F)c(Cl)c1)[C@H](OC(=O)CNC(=O)[C@@H]1CCCN1C(=O)O)C(C)(C)O2. The number of halogens is 2. The molecule has 3 N–H and O–H groups in total. The van der Waals surface area contributed by atoms with Gasteiger partial charge in [0.1, 0.15) is 29.8 Å². The van der Waals surface area contributed by atoms with Crippen molar-refractivity contribution in [2.24, 2.45) is 0 Å². The van der Waals surface area contributed by atoms with E-state index in [0.717, 1.165) is 17.0 Å². The van der Waals surface area contributed by atoms with E-state index in [9.17, 15) is 33.5 Å². The average Bonchev–Trinajstić information content (AvgIpc) is 3.41. The molecule has 0 spiro atoms. The van der Waals surface area contributed by atoms with E-state index in [2.05, 4.69) is 10.6 Å². The molecule has 3 amide bonds. The highest BCUT2D eigenvalue weighted by atomic mass is 35.5. The highest BCUT2D eigenvalue weighted by Gasteiger charge is 2.47. The van der Waals surface area contributed by atoms with Crippen molar-refractivity contribution in [2.45, 2.75) is 57.4 Å². The summed E-state index contributed by atoms with van der Waals surface area (Å²) in [4.78, 5) is 63.3. The van der Waals surface area contributed by atoms with Gasteiger partial charge in [-0.3, -0.25) is 24.1 Å². The number of likely N-dealkylation sites (tertiary alicyclic amines) is 1. The van der Waals surface area contributed by atoms with Gasteiger partial charge in [0.05, 0.1) is 11.1 Å². The molecule has 2 aliphatic heterocycles. The zero-order valence-electron chi connectivity index (χ0n) is 22.5. The number of nitrogens with zero attached hydrogens (tertiary/aromatic N) is 1. The number of amides is 3. The minimum Gasteiger partial charge on any atom is -0.484 e. The van der Waals surface area contributed by atoms with E-state index in [0.29, 0.717) is 29.7 Å². The van der Waals surface area contributed by atoms with Gasteiger partial charge in [-0.25, -0.2) is 9.18 Å². The lowest BCUT2D eigenvalue weighted by molar-refractivity contribution is -0.164. The molecular weight excluding hydrogens is 561 g/mol. The van der Waals surface area contributed by atoms with Crippen molar-refractivity contribution >= 4 is 41.3 Å². The molecule has 2 aromatic rings. The molecule has 2 aromatic carbocycles. The Bertz CT molecular complexity index is 1410. The number of esters is 1. The fourth-order valence-corrected chi connectivity index (χ4v) is 5.14. The second kappa shape index (κ2) is 11.7. The molecule has 11 nitrogen and oxygen atoms in total. The van der Waals surface area contributed by atoms with Crippen LogP contribution in [0, 0.1) is 5.82 Å². The summed E-state index contributed by atoms with van der Waals surface area (Å²) in [5, 5.41) is 14.2. The van der Waals surface area contributed by atoms with Gasteiger partial charge < -0.3 is 25.2 Å². The normalized spacial score (nSPS) is 20.8. The van der Waals surface area contributed by atoms with Crippen molar-refractivity contribution in [1.29, 1.82) is 0 Å². The van der Waals surface area contributed by atoms with E-state index in [-0.39, 0.29) is 22.9 Å². The number of carbonyl (C=O) groups excluding carboxylic acids is 4. The van der Waals surface area contributed by atoms with Crippen molar-refractivity contribution in [1.82, 2.24) is 15.5 Å². The van der Waals surface area contributed by atoms with Crippen LogP contribution in [0.5, 0.6) is 5.75 Å². The molecule has 41 heavy (non-hydrogen) atoms. The summed E-state index contributed by atoms with van der Waals surface area (Å²) in [6, 6.07) is 6.18. The van der Waals surface area contributed by atoms with E-state index in [1.54, 1.807) is 26.0 Å². The smallest absolute Gasteiger partial charge is 0.407 e. The van der Waals surface area contributed by atoms with Crippen molar-refractivity contribution in [3.63, 3.8) is 0 Å². The average molecular weight is 590 g/mol. The molecule has 2 heterocycles. The maximum Gasteiger partial charge on any atom is 0.407 e. The molecule has 218 valence electrons. The van der Waals surface area contributed by atoms with Crippen LogP contribution in [0.4, 0.5) is 9.18 Å². The summed E-state index contributed by atoms with van der Waals surface area (Å²) in [5.74, 6) is -2.75. The highest BCUT2D eigenvalue weighted by molar-refractivity contribution is 6.31. The van der Waals surface area contributed by atoms with Crippen LogP contribution in [0.2, 0.25) is 5.02 Å². The number of rotatable bonds is 7. The van der Waals surface area contributed by atoms with Crippen molar-refractivity contribution in [3.05, 3.63) is 63.9 Å². The molecule has 1 saturated heterocycles. The lowest BCUT2D eigenvalue weighted by atomic mass is 9.85. The maximum absolute atomic E-state index is 13.7. The van der Waals surface area contributed by atoms with E-state index in [1.807, 2.05) is 0 Å². The van der Waals surface area contributed by atoms with Crippen LogP contribution < -0.4 is 15.4 Å². The number of fused-ring (bicyclic) bond motifs is 1. The zero-order valence-corrected chi connectivity index (χ0v) is 23.3. The first-order valence-corrected chi connectivity index (χ1v) is 13.2. The van der Waals surface area contributed by atoms with E-state index in [1.165, 1.54) is 19.1 Å². The van der Waals surface area contributed by atoms with Gasteiger partial charge in [0, 0.05) is 23.2 Å². The Morgan fingerprint density at radius 2 is 1.85 bits per heavy atom. The first-order chi connectivity index (χ1) is 19.3. The standard InChI is InChI=1S/C28H29ClFN3O8/c1-14(34)15-7-9-21-17(11-15)23(32-25(36)16-6-8-19(30)18(29)12-16)24(28(2,3)41-21)40-22(35)13-31-26(37)20-5-4-10-33(20)27(38)39/h6-9,11-12,20,23-24H,4-5,10,13H2,1-3H3,(H,31,37)(H,32,36)(H,38,39)/t20-,23+,24-/m0/s1. The van der Waals surface area contributed by atoms with Gasteiger partial charge in [0.15, 0.2) is 11.9 Å². The second-order valence-electron chi connectivity index (χ2n) is 10.4. The third-order valence-electron chi connectivity index (χ3n) is 7.05. The second-order valence-corrected chi connectivity index (χ2v) is 10.8. The summed E-state index contributed by atoms with van der Waals surface area (Å²) >= 11 is 5.86. The van der Waals surface area contributed by atoms with Gasteiger partial charge in [0.25, 0.3) is 5.91 Å². The van der Waals surface area contributed by atoms with Crippen LogP contribution in [-0.2, 0) is 14.3 Å². The minimum absolute atomic E-state index is 0.0434. The fourth-order valence-electron chi connectivity index (χ4n) is 4.96. The molecule has 2 aliphatic rings. The number of nitrogens with one attached hydrogen (secondary N) is 2. The van der Waals surface area contributed by atoms with Crippen molar-refractivity contribution in [3.8, 4) is 5.75 Å². The first-order valence-electron chi connectivity index (χ1n) is 12.8. The van der Waals surface area contributed by atoms with Gasteiger partial charge in [0.2, 0.25) is 5.91 Å². The maximum atomic E-state index is 13.7. The quantitative estimate of drug-likeness (QED) is 0.328. The largest absolute Gasteiger partial charge is 0.484 e. The molecule has 0 aromatic heterocycles. The van der Waals surface area contributed by atoms with Crippen molar-refractivity contribution < 1.29 is 42.9 Å². The lowest BCUT2D eigenvalue weighted by Gasteiger charge is -2.44. The number of Topliss-reactive ketones (excluding diaryl/α,β-unsaturated/α-hetero) is 1. The Kier molecular flexibility index (Phi) is 8.52. The number of benzene rings is 2. The summed E-state index contributed by atoms with van der Waals surface area (Å²) in [7, 11) is 0. The Balaban J connectivity index is 1.59. The summed E-state index contributed by atoms with van der Waals surface area (Å²) < 4.78 is 25.5. The molecule has 4 rings (SSSR count). The first kappa shape index (κ1) is 29.8. The third-order valence-corrected chi connectivity index (χ3v) is 7.34. The number of ketones is 1. The van der Waals surface area contributed by atoms with Gasteiger partial charge in [-0.05, 0) is 70.0 Å². The van der Waals surface area contributed by atoms with Gasteiger partial charge in [-0.15, -0.1) is 0 Å². The van der Waals surface area contributed by atoms with Crippen molar-refractivity contribution in [2.75, 3.05) is 13.1 Å². The molecule has 3 atom stereocenters. The van der Waals surface area contributed by atoms with Gasteiger partial charge in [-0.1, -0.05) is 11.6 Å². The molecule has 0 radical (unpaired) electrons. The molecule has 0 saturated carbocycles. The molecule has 1 fully saturated rings. The highest BCUT2D eigenvalue weighted by Crippen LogP contribution is 2.42. The number of hydrogen-bond donors (Lipinski definition) is 3. The van der Waals surface area contributed by atoms with Gasteiger partial charge in [-0.2, -0.15) is 0 Å². The Morgan fingerprint density at radius 3 is 2.51 bits per heavy atom. The number of carbonyl (C=O) groups is 5. The number of hydrogen-bond acceptors (Lipinski definition) is 7. The molecule has 0 aliphatic carbocycles. The predicted molar refractivity (Wildman–Crippen MR) is 143 cm³/mol. The molecule has 0 bridgehead atoms. The predicted octanol–water partition coefficient (Wildman–Crippen LogP) is 3.49. The van der Waals surface area contributed by atoms with Crippen LogP contribution in [-0.4, -0.2) is 70.5 Å². The summed E-state index contributed by atoms with van der Waals surface area (Å²) in [6.07, 6.45) is -1.53. The van der Waals surface area contributed by atoms with E-state index in [4.69, 9.17) is 21.1 Å². The third kappa shape index (κ3) is 6.43. The lowest BCUT2D eigenvalue weighted by Crippen LogP contribution is -2.56. The zero-order chi connectivity index (χ0) is 30.1.